The highest BCUT2D eigenvalue weighted by Crippen LogP contribution is 2.27. The van der Waals surface area contributed by atoms with Crippen LogP contribution in [0.5, 0.6) is 0 Å². The summed E-state index contributed by atoms with van der Waals surface area (Å²) in [5.41, 5.74) is 2.73. The number of hydrogen-bond donors (Lipinski definition) is 1. The predicted octanol–water partition coefficient (Wildman–Crippen LogP) is 3.34. The van der Waals surface area contributed by atoms with E-state index in [0.717, 1.165) is 22.3 Å². The first-order valence-electron chi connectivity index (χ1n) is 4.38. The second-order valence-corrected chi connectivity index (χ2v) is 4.21. The molecule has 1 N–H and O–H groups in total. The number of hydrogen-bond acceptors (Lipinski definition) is 3. The lowest BCUT2D eigenvalue weighted by Crippen LogP contribution is -1.88. The number of H-pyrrole nitrogens is 1. The SMILES string of the molecule is Clc1nc(-c2ccsc2)c2cc[nH]c2n1. The Morgan fingerprint density at radius 2 is 2.20 bits per heavy atom. The van der Waals surface area contributed by atoms with E-state index in [1.54, 1.807) is 11.3 Å². The monoisotopic (exact) mass is 235 g/mol. The summed E-state index contributed by atoms with van der Waals surface area (Å²) in [6.45, 7) is 0. The fourth-order valence-corrected chi connectivity index (χ4v) is 2.34. The largest absolute Gasteiger partial charge is 0.346 e. The van der Waals surface area contributed by atoms with Gasteiger partial charge in [0, 0.05) is 22.5 Å². The molecule has 0 amide bonds. The standard InChI is InChI=1S/C10H6ClN3S/c11-10-13-8(6-2-4-15-5-6)7-1-3-12-9(7)14-10/h1-5H,(H,12,13,14). The zero-order valence-corrected chi connectivity index (χ0v) is 9.14. The molecule has 0 unspecified atom stereocenters. The first-order valence-corrected chi connectivity index (χ1v) is 5.70. The van der Waals surface area contributed by atoms with Crippen molar-refractivity contribution >= 4 is 34.0 Å². The highest BCUT2D eigenvalue weighted by molar-refractivity contribution is 7.08. The average Bonchev–Trinajstić information content (AvgIpc) is 2.86. The number of aromatic nitrogens is 3. The van der Waals surface area contributed by atoms with Crippen LogP contribution in [0.4, 0.5) is 0 Å². The van der Waals surface area contributed by atoms with E-state index >= 15 is 0 Å². The highest BCUT2D eigenvalue weighted by Gasteiger charge is 2.09. The van der Waals surface area contributed by atoms with Crippen LogP contribution in [0, 0.1) is 0 Å². The van der Waals surface area contributed by atoms with E-state index in [2.05, 4.69) is 15.0 Å². The first-order chi connectivity index (χ1) is 7.34. The summed E-state index contributed by atoms with van der Waals surface area (Å²) in [5, 5.41) is 5.33. The van der Waals surface area contributed by atoms with Crippen molar-refractivity contribution in [3.05, 3.63) is 34.4 Å². The van der Waals surface area contributed by atoms with Gasteiger partial charge in [-0.3, -0.25) is 0 Å². The van der Waals surface area contributed by atoms with E-state index < -0.39 is 0 Å². The van der Waals surface area contributed by atoms with Gasteiger partial charge in [-0.15, -0.1) is 0 Å². The minimum absolute atomic E-state index is 0.270. The van der Waals surface area contributed by atoms with Crippen LogP contribution in [-0.2, 0) is 0 Å². The third-order valence-corrected chi connectivity index (χ3v) is 3.04. The molecule has 15 heavy (non-hydrogen) atoms. The van der Waals surface area contributed by atoms with E-state index in [4.69, 9.17) is 11.6 Å². The normalized spacial score (nSPS) is 11.0. The smallest absolute Gasteiger partial charge is 0.224 e. The first kappa shape index (κ1) is 8.88. The molecule has 0 fully saturated rings. The molecule has 0 aliphatic rings. The van der Waals surface area contributed by atoms with Crippen LogP contribution < -0.4 is 0 Å². The Morgan fingerprint density at radius 1 is 1.27 bits per heavy atom. The quantitative estimate of drug-likeness (QED) is 0.658. The lowest BCUT2D eigenvalue weighted by atomic mass is 10.2. The van der Waals surface area contributed by atoms with Crippen LogP contribution in [0.25, 0.3) is 22.3 Å². The Balaban J connectivity index is 2.38. The summed E-state index contributed by atoms with van der Waals surface area (Å²) in [4.78, 5) is 11.4. The van der Waals surface area contributed by atoms with Gasteiger partial charge in [0.05, 0.1) is 5.69 Å². The van der Waals surface area contributed by atoms with Crippen LogP contribution in [0.2, 0.25) is 5.28 Å². The minimum Gasteiger partial charge on any atom is -0.346 e. The molecule has 0 atom stereocenters. The van der Waals surface area contributed by atoms with Crippen molar-refractivity contribution in [2.45, 2.75) is 0 Å². The van der Waals surface area contributed by atoms with Crippen LogP contribution in [0.3, 0.4) is 0 Å². The Labute approximate surface area is 94.8 Å². The lowest BCUT2D eigenvalue weighted by molar-refractivity contribution is 1.20. The predicted molar refractivity (Wildman–Crippen MR) is 62.2 cm³/mol. The van der Waals surface area contributed by atoms with Crippen molar-refractivity contribution in [3.8, 4) is 11.3 Å². The maximum absolute atomic E-state index is 5.86. The maximum Gasteiger partial charge on any atom is 0.224 e. The van der Waals surface area contributed by atoms with Gasteiger partial charge in [-0.2, -0.15) is 16.3 Å². The molecular weight excluding hydrogens is 230 g/mol. The molecule has 0 aromatic carbocycles. The maximum atomic E-state index is 5.86. The summed E-state index contributed by atoms with van der Waals surface area (Å²) >= 11 is 7.50. The molecule has 5 heteroatoms. The molecule has 0 bridgehead atoms. The molecule has 3 nitrogen and oxygen atoms in total. The third-order valence-electron chi connectivity index (χ3n) is 2.18. The Kier molecular flexibility index (Phi) is 1.97. The van der Waals surface area contributed by atoms with E-state index in [-0.39, 0.29) is 5.28 Å². The number of halogens is 1. The molecule has 74 valence electrons. The molecule has 0 saturated carbocycles. The fourth-order valence-electron chi connectivity index (χ4n) is 1.53. The summed E-state index contributed by atoms with van der Waals surface area (Å²) in [7, 11) is 0. The fraction of sp³-hybridized carbons (Fsp3) is 0. The van der Waals surface area contributed by atoms with Gasteiger partial charge in [-0.25, -0.2) is 4.98 Å². The van der Waals surface area contributed by atoms with Gasteiger partial charge in [0.15, 0.2) is 0 Å². The van der Waals surface area contributed by atoms with Crippen molar-refractivity contribution < 1.29 is 0 Å². The van der Waals surface area contributed by atoms with Crippen molar-refractivity contribution in [2.24, 2.45) is 0 Å². The van der Waals surface area contributed by atoms with Crippen molar-refractivity contribution in [3.63, 3.8) is 0 Å². The molecule has 3 aromatic rings. The van der Waals surface area contributed by atoms with Crippen LogP contribution in [0.1, 0.15) is 0 Å². The molecule has 0 aliphatic carbocycles. The third kappa shape index (κ3) is 1.42. The minimum atomic E-state index is 0.270. The second-order valence-electron chi connectivity index (χ2n) is 3.09. The summed E-state index contributed by atoms with van der Waals surface area (Å²) in [6, 6.07) is 3.98. The zero-order valence-electron chi connectivity index (χ0n) is 7.57. The summed E-state index contributed by atoms with van der Waals surface area (Å²) in [5.74, 6) is 0. The van der Waals surface area contributed by atoms with Crippen molar-refractivity contribution in [1.82, 2.24) is 15.0 Å². The van der Waals surface area contributed by atoms with Crippen LogP contribution in [0.15, 0.2) is 29.1 Å². The zero-order chi connectivity index (χ0) is 10.3. The molecule has 0 spiro atoms. The number of aromatic amines is 1. The molecule has 0 radical (unpaired) electrons. The van der Waals surface area contributed by atoms with Gasteiger partial charge in [0.1, 0.15) is 5.65 Å². The van der Waals surface area contributed by atoms with Gasteiger partial charge in [0.2, 0.25) is 5.28 Å². The second kappa shape index (κ2) is 3.32. The number of rotatable bonds is 1. The highest BCUT2D eigenvalue weighted by atomic mass is 35.5. The molecule has 3 heterocycles. The average molecular weight is 236 g/mol. The molecule has 3 rings (SSSR count). The van der Waals surface area contributed by atoms with E-state index in [9.17, 15) is 0 Å². The summed E-state index contributed by atoms with van der Waals surface area (Å²) in [6.07, 6.45) is 1.84. The summed E-state index contributed by atoms with van der Waals surface area (Å²) < 4.78 is 0. The number of nitrogens with zero attached hydrogens (tertiary/aromatic N) is 2. The van der Waals surface area contributed by atoms with Gasteiger partial charge >= 0.3 is 0 Å². The molecule has 0 saturated heterocycles. The van der Waals surface area contributed by atoms with Crippen molar-refractivity contribution in [1.29, 1.82) is 0 Å². The van der Waals surface area contributed by atoms with Gasteiger partial charge < -0.3 is 4.98 Å². The Morgan fingerprint density at radius 3 is 3.00 bits per heavy atom. The van der Waals surface area contributed by atoms with Crippen LogP contribution >= 0.6 is 22.9 Å². The number of thiophene rings is 1. The van der Waals surface area contributed by atoms with E-state index in [0.29, 0.717) is 0 Å². The van der Waals surface area contributed by atoms with E-state index in [1.165, 1.54) is 0 Å². The van der Waals surface area contributed by atoms with Gasteiger partial charge in [-0.05, 0) is 29.1 Å². The van der Waals surface area contributed by atoms with Crippen LogP contribution in [-0.4, -0.2) is 15.0 Å². The number of nitrogens with one attached hydrogen (secondary N) is 1. The lowest BCUT2D eigenvalue weighted by Gasteiger charge is -1.99. The molecule has 0 aliphatic heterocycles. The Hall–Kier alpha value is -1.39. The number of fused-ring (bicyclic) bond motifs is 1. The molecular formula is C10H6ClN3S. The molecule has 3 aromatic heterocycles. The Bertz CT molecular complexity index is 600. The topological polar surface area (TPSA) is 41.6 Å². The van der Waals surface area contributed by atoms with Gasteiger partial charge in [-0.1, -0.05) is 0 Å². The van der Waals surface area contributed by atoms with Gasteiger partial charge in [0.25, 0.3) is 0 Å². The van der Waals surface area contributed by atoms with E-state index in [1.807, 2.05) is 29.1 Å². The van der Waals surface area contributed by atoms with Crippen molar-refractivity contribution in [2.75, 3.05) is 0 Å².